The zero-order valence-electron chi connectivity index (χ0n) is 12.1. The van der Waals surface area contributed by atoms with E-state index in [9.17, 15) is 0 Å². The lowest BCUT2D eigenvalue weighted by Crippen LogP contribution is -2.18. The molecule has 1 N–H and O–H groups in total. The number of aromatic nitrogens is 1. The molecule has 1 heterocycles. The predicted octanol–water partition coefficient (Wildman–Crippen LogP) is 3.82. The van der Waals surface area contributed by atoms with Gasteiger partial charge in [0.05, 0.1) is 5.69 Å². The molecule has 2 aromatic rings. The second-order valence-electron chi connectivity index (χ2n) is 5.97. The molecule has 1 atom stereocenters. The van der Waals surface area contributed by atoms with Crippen molar-refractivity contribution >= 4 is 0 Å². The standard InChI is InChI=1S/C16H22N2O/c1-12(17-11-15-9-10-19-18-15)13-5-7-14(8-6-13)16(2,3)4/h5-10,12,17H,11H2,1-4H3. The largest absolute Gasteiger partial charge is 0.364 e. The van der Waals surface area contributed by atoms with Crippen LogP contribution in [0.15, 0.2) is 41.1 Å². The van der Waals surface area contributed by atoms with Crippen LogP contribution in [0.4, 0.5) is 0 Å². The van der Waals surface area contributed by atoms with E-state index in [4.69, 9.17) is 4.52 Å². The molecule has 0 aliphatic heterocycles. The highest BCUT2D eigenvalue weighted by molar-refractivity contribution is 5.29. The fourth-order valence-electron chi connectivity index (χ4n) is 1.98. The summed E-state index contributed by atoms with van der Waals surface area (Å²) in [6, 6.07) is 11.0. The molecule has 3 nitrogen and oxygen atoms in total. The summed E-state index contributed by atoms with van der Waals surface area (Å²) >= 11 is 0. The number of hydrogen-bond acceptors (Lipinski definition) is 3. The van der Waals surface area contributed by atoms with Crippen LogP contribution in [0.3, 0.4) is 0 Å². The van der Waals surface area contributed by atoms with E-state index >= 15 is 0 Å². The highest BCUT2D eigenvalue weighted by Crippen LogP contribution is 2.23. The first kappa shape index (κ1) is 13.8. The maximum Gasteiger partial charge on any atom is 0.124 e. The summed E-state index contributed by atoms with van der Waals surface area (Å²) in [5.41, 5.74) is 3.78. The third kappa shape index (κ3) is 3.67. The van der Waals surface area contributed by atoms with Crippen molar-refractivity contribution in [2.45, 2.75) is 45.7 Å². The summed E-state index contributed by atoms with van der Waals surface area (Å²) in [6.45, 7) is 9.57. The van der Waals surface area contributed by atoms with Crippen molar-refractivity contribution in [1.29, 1.82) is 0 Å². The summed E-state index contributed by atoms with van der Waals surface area (Å²) in [5, 5.41) is 7.33. The SMILES string of the molecule is CC(NCc1ccon1)c1ccc(C(C)(C)C)cc1. The molecular weight excluding hydrogens is 236 g/mol. The third-order valence-corrected chi connectivity index (χ3v) is 3.36. The first-order valence-electron chi connectivity index (χ1n) is 6.70. The molecule has 2 rings (SSSR count). The van der Waals surface area contributed by atoms with Crippen LogP contribution in [-0.4, -0.2) is 5.16 Å². The van der Waals surface area contributed by atoms with Crippen molar-refractivity contribution in [2.75, 3.05) is 0 Å². The van der Waals surface area contributed by atoms with Crippen LogP contribution < -0.4 is 5.32 Å². The summed E-state index contributed by atoms with van der Waals surface area (Å²) in [7, 11) is 0. The van der Waals surface area contributed by atoms with Crippen LogP contribution in [0.2, 0.25) is 0 Å². The molecule has 0 amide bonds. The molecule has 0 radical (unpaired) electrons. The summed E-state index contributed by atoms with van der Waals surface area (Å²) in [4.78, 5) is 0. The lowest BCUT2D eigenvalue weighted by atomic mass is 9.86. The van der Waals surface area contributed by atoms with Crippen molar-refractivity contribution in [3.63, 3.8) is 0 Å². The topological polar surface area (TPSA) is 38.1 Å². The number of benzene rings is 1. The highest BCUT2D eigenvalue weighted by atomic mass is 16.5. The van der Waals surface area contributed by atoms with E-state index in [-0.39, 0.29) is 5.41 Å². The predicted molar refractivity (Wildman–Crippen MR) is 76.9 cm³/mol. The molecule has 1 aromatic heterocycles. The van der Waals surface area contributed by atoms with Crippen LogP contribution in [0, 0.1) is 0 Å². The molecule has 19 heavy (non-hydrogen) atoms. The molecule has 102 valence electrons. The van der Waals surface area contributed by atoms with Gasteiger partial charge in [-0.2, -0.15) is 0 Å². The smallest absolute Gasteiger partial charge is 0.124 e. The average Bonchev–Trinajstić information content (AvgIpc) is 2.88. The normalized spacial score (nSPS) is 13.5. The number of nitrogens with zero attached hydrogens (tertiary/aromatic N) is 1. The third-order valence-electron chi connectivity index (χ3n) is 3.36. The zero-order valence-corrected chi connectivity index (χ0v) is 12.1. The molecule has 0 saturated carbocycles. The van der Waals surface area contributed by atoms with Crippen LogP contribution in [0.5, 0.6) is 0 Å². The Balaban J connectivity index is 1.97. The van der Waals surface area contributed by atoms with Crippen LogP contribution in [0.25, 0.3) is 0 Å². The molecular formula is C16H22N2O. The van der Waals surface area contributed by atoms with E-state index in [2.05, 4.69) is 62.4 Å². The van der Waals surface area contributed by atoms with E-state index in [1.807, 2.05) is 6.07 Å². The monoisotopic (exact) mass is 258 g/mol. The molecule has 0 aliphatic rings. The molecule has 0 spiro atoms. The van der Waals surface area contributed by atoms with Gasteiger partial charge in [0.1, 0.15) is 6.26 Å². The Hall–Kier alpha value is -1.61. The van der Waals surface area contributed by atoms with Gasteiger partial charge in [-0.25, -0.2) is 0 Å². The molecule has 1 unspecified atom stereocenters. The van der Waals surface area contributed by atoms with Gasteiger partial charge in [0.15, 0.2) is 0 Å². The summed E-state index contributed by atoms with van der Waals surface area (Å²) < 4.78 is 4.82. The fraction of sp³-hybridized carbons (Fsp3) is 0.438. The van der Waals surface area contributed by atoms with Crippen molar-refractivity contribution in [2.24, 2.45) is 0 Å². The molecule has 3 heteroatoms. The van der Waals surface area contributed by atoms with Crippen molar-refractivity contribution in [1.82, 2.24) is 10.5 Å². The lowest BCUT2D eigenvalue weighted by Gasteiger charge is -2.20. The van der Waals surface area contributed by atoms with Gasteiger partial charge < -0.3 is 9.84 Å². The van der Waals surface area contributed by atoms with E-state index in [1.165, 1.54) is 11.1 Å². The van der Waals surface area contributed by atoms with E-state index < -0.39 is 0 Å². The maximum atomic E-state index is 4.82. The number of rotatable bonds is 4. The van der Waals surface area contributed by atoms with Crippen molar-refractivity contribution in [3.8, 4) is 0 Å². The first-order chi connectivity index (χ1) is 8.97. The fourth-order valence-corrected chi connectivity index (χ4v) is 1.98. The Morgan fingerprint density at radius 1 is 1.16 bits per heavy atom. The summed E-state index contributed by atoms with van der Waals surface area (Å²) in [5.74, 6) is 0. The quantitative estimate of drug-likeness (QED) is 0.906. The van der Waals surface area contributed by atoms with Gasteiger partial charge in [0.2, 0.25) is 0 Å². The molecule has 0 bridgehead atoms. The Morgan fingerprint density at radius 3 is 2.37 bits per heavy atom. The Morgan fingerprint density at radius 2 is 1.84 bits per heavy atom. The second-order valence-corrected chi connectivity index (χ2v) is 5.97. The van der Waals surface area contributed by atoms with Gasteiger partial charge in [0.25, 0.3) is 0 Å². The minimum atomic E-state index is 0.204. The van der Waals surface area contributed by atoms with E-state index in [1.54, 1.807) is 6.26 Å². The first-order valence-corrected chi connectivity index (χ1v) is 6.70. The van der Waals surface area contributed by atoms with E-state index in [0.29, 0.717) is 6.04 Å². The van der Waals surface area contributed by atoms with Crippen molar-refractivity contribution < 1.29 is 4.52 Å². The Labute approximate surface area is 115 Å². The molecule has 0 saturated heterocycles. The van der Waals surface area contributed by atoms with Gasteiger partial charge in [-0.3, -0.25) is 0 Å². The van der Waals surface area contributed by atoms with Crippen LogP contribution in [0.1, 0.15) is 50.6 Å². The van der Waals surface area contributed by atoms with E-state index in [0.717, 1.165) is 12.2 Å². The van der Waals surface area contributed by atoms with Crippen LogP contribution in [-0.2, 0) is 12.0 Å². The lowest BCUT2D eigenvalue weighted by molar-refractivity contribution is 0.406. The van der Waals surface area contributed by atoms with Crippen LogP contribution >= 0.6 is 0 Å². The number of hydrogen-bond donors (Lipinski definition) is 1. The van der Waals surface area contributed by atoms with Crippen molar-refractivity contribution in [3.05, 3.63) is 53.4 Å². The zero-order chi connectivity index (χ0) is 13.9. The number of nitrogens with one attached hydrogen (secondary N) is 1. The highest BCUT2D eigenvalue weighted by Gasteiger charge is 2.14. The Bertz CT molecular complexity index is 495. The Kier molecular flexibility index (Phi) is 4.05. The molecule has 0 aliphatic carbocycles. The second kappa shape index (κ2) is 5.57. The summed E-state index contributed by atoms with van der Waals surface area (Å²) in [6.07, 6.45) is 1.60. The minimum Gasteiger partial charge on any atom is -0.364 e. The molecule has 1 aromatic carbocycles. The van der Waals surface area contributed by atoms with Gasteiger partial charge in [-0.15, -0.1) is 0 Å². The molecule has 0 fully saturated rings. The van der Waals surface area contributed by atoms with Gasteiger partial charge in [-0.05, 0) is 23.5 Å². The van der Waals surface area contributed by atoms with Gasteiger partial charge >= 0.3 is 0 Å². The van der Waals surface area contributed by atoms with Gasteiger partial charge in [0, 0.05) is 18.7 Å². The van der Waals surface area contributed by atoms with Gasteiger partial charge in [-0.1, -0.05) is 50.2 Å². The minimum absolute atomic E-state index is 0.204. The average molecular weight is 258 g/mol. The maximum absolute atomic E-state index is 4.82.